The molecule has 1 atom stereocenters. The van der Waals surface area contributed by atoms with Crippen LogP contribution in [0.25, 0.3) is 0 Å². The summed E-state index contributed by atoms with van der Waals surface area (Å²) in [5, 5.41) is 1.54. The van der Waals surface area contributed by atoms with Crippen molar-refractivity contribution in [2.75, 3.05) is 0 Å². The van der Waals surface area contributed by atoms with Crippen molar-refractivity contribution in [3.05, 3.63) is 59.4 Å². The molecule has 0 heterocycles. The molecule has 0 saturated carbocycles. The van der Waals surface area contributed by atoms with Crippen LogP contribution in [0.15, 0.2) is 30.3 Å². The van der Waals surface area contributed by atoms with E-state index < -0.39 is 48.6 Å². The van der Waals surface area contributed by atoms with Crippen LogP contribution < -0.4 is 14.3 Å². The van der Waals surface area contributed by atoms with Crippen LogP contribution >= 0.6 is 7.75 Å². The molecule has 2 rings (SSSR count). The van der Waals surface area contributed by atoms with Crippen molar-refractivity contribution >= 4 is 13.7 Å². The highest BCUT2D eigenvalue weighted by atomic mass is 31.2. The fraction of sp³-hybridized carbons (Fsp3) is 0.133. The maximum Gasteiger partial charge on any atom is 0.546 e. The number of hydrogen-bond acceptors (Lipinski definition) is 5. The molecule has 0 fully saturated rings. The zero-order valence-electron chi connectivity index (χ0n) is 13.5. The van der Waals surface area contributed by atoms with Crippen molar-refractivity contribution in [3.8, 4) is 11.5 Å². The van der Waals surface area contributed by atoms with Crippen molar-refractivity contribution < 1.29 is 45.2 Å². The Kier molecular flexibility index (Phi) is 6.40. The maximum atomic E-state index is 13.8. The molecule has 146 valence electrons. The highest BCUT2D eigenvalue weighted by Gasteiger charge is 2.37. The summed E-state index contributed by atoms with van der Waals surface area (Å²) in [5.41, 5.74) is 0. The third-order valence-corrected chi connectivity index (χ3v) is 4.10. The van der Waals surface area contributed by atoms with Crippen LogP contribution in [0, 0.1) is 29.1 Å². The van der Waals surface area contributed by atoms with E-state index in [4.69, 9.17) is 4.52 Å². The Morgan fingerprint density at radius 3 is 1.96 bits per heavy atom. The van der Waals surface area contributed by atoms with Crippen LogP contribution in [0.2, 0.25) is 0 Å². The van der Waals surface area contributed by atoms with Gasteiger partial charge in [-0.15, -0.1) is 0 Å². The van der Waals surface area contributed by atoms with E-state index in [1.807, 2.05) is 0 Å². The van der Waals surface area contributed by atoms with Gasteiger partial charge in [0.25, 0.3) is 0 Å². The summed E-state index contributed by atoms with van der Waals surface area (Å²) < 4.78 is 89.3. The summed E-state index contributed by atoms with van der Waals surface area (Å²) in [7, 11) is -4.97. The van der Waals surface area contributed by atoms with Gasteiger partial charge in [0.05, 0.1) is 0 Å². The van der Waals surface area contributed by atoms with E-state index in [1.165, 1.54) is 31.2 Å². The lowest BCUT2D eigenvalue weighted by Crippen LogP contribution is -2.23. The van der Waals surface area contributed by atoms with E-state index in [0.717, 1.165) is 0 Å². The van der Waals surface area contributed by atoms with Gasteiger partial charge < -0.3 is 13.9 Å². The Morgan fingerprint density at radius 2 is 1.44 bits per heavy atom. The second-order valence-electron chi connectivity index (χ2n) is 4.81. The Bertz CT molecular complexity index is 867. The number of benzene rings is 2. The first-order valence-electron chi connectivity index (χ1n) is 7.21. The topological polar surface area (TPSA) is 73.9 Å². The summed E-state index contributed by atoms with van der Waals surface area (Å²) in [6.07, 6.45) is -0.194. The lowest BCUT2D eigenvalue weighted by atomic mass is 10.3. The Morgan fingerprint density at radius 1 is 0.926 bits per heavy atom. The van der Waals surface area contributed by atoms with Gasteiger partial charge in [-0.2, -0.15) is 8.78 Å². The summed E-state index contributed by atoms with van der Waals surface area (Å²) in [5.74, 6) is -14.8. The number of carbonyl (C=O) groups excluding carboxylic acids is 1. The quantitative estimate of drug-likeness (QED) is 0.239. The third kappa shape index (κ3) is 4.75. The number of carbonyl (C=O) groups is 1. The monoisotopic (exact) mass is 411 g/mol. The van der Waals surface area contributed by atoms with Gasteiger partial charge >= 0.3 is 13.7 Å². The molecule has 2 aromatic rings. The Labute approximate surface area is 149 Å². The van der Waals surface area contributed by atoms with Crippen molar-refractivity contribution in [1.29, 1.82) is 0 Å². The smallest absolute Gasteiger partial charge is 0.403 e. The van der Waals surface area contributed by atoms with Crippen molar-refractivity contribution in [1.82, 2.24) is 5.25 Å². The summed E-state index contributed by atoms with van der Waals surface area (Å²) in [6, 6.07) is 6.90. The summed E-state index contributed by atoms with van der Waals surface area (Å²) >= 11 is 0. The number of halogens is 5. The van der Waals surface area contributed by atoms with E-state index in [-0.39, 0.29) is 12.2 Å². The molecule has 0 unspecified atom stereocenters. The SMILES string of the molecule is CCC(=O)ON[P@](=O)(Oc1ccccc1)Oc1c(F)c(F)c(F)c(F)c1F. The van der Waals surface area contributed by atoms with Gasteiger partial charge in [0, 0.05) is 6.42 Å². The Balaban J connectivity index is 2.43. The minimum absolute atomic E-state index is 0.176. The third-order valence-electron chi connectivity index (χ3n) is 2.91. The predicted octanol–water partition coefficient (Wildman–Crippen LogP) is 4.41. The second kappa shape index (κ2) is 8.36. The van der Waals surface area contributed by atoms with Gasteiger partial charge in [-0.3, -0.25) is 4.79 Å². The lowest BCUT2D eigenvalue weighted by Gasteiger charge is -2.20. The van der Waals surface area contributed by atoms with Crippen LogP contribution in [0.3, 0.4) is 0 Å². The fourth-order valence-corrected chi connectivity index (χ4v) is 2.77. The molecule has 0 aromatic heterocycles. The zero-order valence-corrected chi connectivity index (χ0v) is 14.4. The van der Waals surface area contributed by atoms with E-state index in [2.05, 4.69) is 9.36 Å². The van der Waals surface area contributed by atoms with Crippen LogP contribution in [0.1, 0.15) is 13.3 Å². The molecule has 6 nitrogen and oxygen atoms in total. The van der Waals surface area contributed by atoms with Gasteiger partial charge in [-0.1, -0.05) is 25.1 Å². The first kappa shape index (κ1) is 20.7. The molecular formula is C15H11F5NO5P. The average Bonchev–Trinajstić information content (AvgIpc) is 2.67. The lowest BCUT2D eigenvalue weighted by molar-refractivity contribution is -0.147. The van der Waals surface area contributed by atoms with E-state index in [9.17, 15) is 31.3 Å². The van der Waals surface area contributed by atoms with Gasteiger partial charge in [0.1, 0.15) is 5.75 Å². The van der Waals surface area contributed by atoms with Crippen LogP contribution in [-0.2, 0) is 14.2 Å². The molecule has 0 saturated heterocycles. The van der Waals surface area contributed by atoms with Gasteiger partial charge in [0.2, 0.25) is 34.8 Å². The van der Waals surface area contributed by atoms with Gasteiger partial charge in [0.15, 0.2) is 0 Å². The normalized spacial score (nSPS) is 13.0. The maximum absolute atomic E-state index is 13.8. The molecule has 0 bridgehead atoms. The highest BCUT2D eigenvalue weighted by molar-refractivity contribution is 7.52. The summed E-state index contributed by atoms with van der Waals surface area (Å²) in [6.45, 7) is 1.37. The number of rotatable bonds is 7. The first-order valence-corrected chi connectivity index (χ1v) is 8.75. The molecule has 12 heteroatoms. The van der Waals surface area contributed by atoms with Gasteiger partial charge in [-0.25, -0.2) is 17.7 Å². The van der Waals surface area contributed by atoms with Crippen LogP contribution in [0.4, 0.5) is 22.0 Å². The minimum atomic E-state index is -4.97. The van der Waals surface area contributed by atoms with Crippen LogP contribution in [-0.4, -0.2) is 5.97 Å². The largest absolute Gasteiger partial charge is 0.546 e. The van der Waals surface area contributed by atoms with Crippen molar-refractivity contribution in [2.24, 2.45) is 0 Å². The molecular weight excluding hydrogens is 400 g/mol. The minimum Gasteiger partial charge on any atom is -0.403 e. The highest BCUT2D eigenvalue weighted by Crippen LogP contribution is 2.47. The number of hydrogen-bond donors (Lipinski definition) is 1. The predicted molar refractivity (Wildman–Crippen MR) is 81.1 cm³/mol. The van der Waals surface area contributed by atoms with Crippen molar-refractivity contribution in [2.45, 2.75) is 13.3 Å². The van der Waals surface area contributed by atoms with Crippen molar-refractivity contribution in [3.63, 3.8) is 0 Å². The number of para-hydroxylation sites is 1. The molecule has 27 heavy (non-hydrogen) atoms. The molecule has 0 spiro atoms. The second-order valence-corrected chi connectivity index (χ2v) is 6.35. The summed E-state index contributed by atoms with van der Waals surface area (Å²) in [4.78, 5) is 15.6. The molecule has 2 aromatic carbocycles. The molecule has 0 aliphatic rings. The molecule has 0 radical (unpaired) electrons. The molecule has 0 aliphatic carbocycles. The Hall–Kier alpha value is -2.65. The van der Waals surface area contributed by atoms with E-state index in [1.54, 1.807) is 11.3 Å². The first-order chi connectivity index (χ1) is 12.7. The van der Waals surface area contributed by atoms with Crippen LogP contribution in [0.5, 0.6) is 11.5 Å². The standard InChI is InChI=1S/C15H11F5NO5P/c1-2-9(22)24-21-27(23,25-8-6-4-3-5-7-8)26-15-13(19)11(17)10(16)12(18)14(15)20/h3-7H,2H2,1H3,(H,21,23)/t27-/m0/s1. The molecule has 0 amide bonds. The fourth-order valence-electron chi connectivity index (χ4n) is 1.64. The molecule has 1 N–H and O–H groups in total. The molecule has 0 aliphatic heterocycles. The van der Waals surface area contributed by atoms with E-state index in [0.29, 0.717) is 0 Å². The van der Waals surface area contributed by atoms with Gasteiger partial charge in [-0.05, 0) is 17.4 Å². The van der Waals surface area contributed by atoms with E-state index >= 15 is 0 Å². The average molecular weight is 411 g/mol. The zero-order chi connectivity index (χ0) is 20.2. The number of nitrogens with one attached hydrogen (secondary N) is 1.